The lowest BCUT2D eigenvalue weighted by Crippen LogP contribution is -2.48. The topological polar surface area (TPSA) is 80.3 Å². The summed E-state index contributed by atoms with van der Waals surface area (Å²) < 4.78 is 0. The van der Waals surface area contributed by atoms with E-state index >= 15 is 0 Å². The summed E-state index contributed by atoms with van der Waals surface area (Å²) in [5.41, 5.74) is 10.3. The molecule has 0 amide bonds. The van der Waals surface area contributed by atoms with Crippen molar-refractivity contribution in [2.75, 3.05) is 18.0 Å². The number of nitrogens with two attached hydrogens (primary N) is 1. The van der Waals surface area contributed by atoms with E-state index in [-0.39, 0.29) is 5.54 Å². The number of rotatable bonds is 2. The third-order valence-corrected chi connectivity index (χ3v) is 5.47. The number of hydrogen-bond acceptors (Lipinski definition) is 6. The molecule has 7 heteroatoms. The summed E-state index contributed by atoms with van der Waals surface area (Å²) in [4.78, 5) is 20.5. The molecule has 1 saturated heterocycles. The van der Waals surface area contributed by atoms with Gasteiger partial charge < -0.3 is 10.6 Å². The van der Waals surface area contributed by atoms with Crippen molar-refractivity contribution >= 4 is 23.1 Å². The van der Waals surface area contributed by atoms with Gasteiger partial charge in [-0.3, -0.25) is 9.98 Å². The lowest BCUT2D eigenvalue weighted by atomic mass is 9.91. The van der Waals surface area contributed by atoms with Crippen LogP contribution in [0.3, 0.4) is 0 Å². The number of pyridine rings is 1. The van der Waals surface area contributed by atoms with E-state index in [1.54, 1.807) is 6.20 Å². The molecule has 0 radical (unpaired) electrons. The molecule has 0 bridgehead atoms. The largest absolute Gasteiger partial charge is 0.355 e. The molecular weight excluding hydrogens is 336 g/mol. The number of aromatic nitrogens is 3. The lowest BCUT2D eigenvalue weighted by molar-refractivity contribution is 0.363. The summed E-state index contributed by atoms with van der Waals surface area (Å²) in [6.45, 7) is 6.34. The minimum atomic E-state index is -0.0765. The lowest BCUT2D eigenvalue weighted by Gasteiger charge is -2.37. The molecule has 25 heavy (non-hydrogen) atoms. The molecule has 6 nitrogen and oxygen atoms in total. The zero-order valence-electron chi connectivity index (χ0n) is 14.5. The van der Waals surface area contributed by atoms with Gasteiger partial charge in [0.15, 0.2) is 0 Å². The Labute approximate surface area is 152 Å². The average Bonchev–Trinajstić information content (AvgIpc) is 3.00. The van der Waals surface area contributed by atoms with Crippen LogP contribution in [0.4, 0.5) is 5.82 Å². The third-order valence-electron chi connectivity index (χ3n) is 4.99. The second kappa shape index (κ2) is 6.04. The molecule has 0 spiro atoms. The van der Waals surface area contributed by atoms with Crippen molar-refractivity contribution in [2.45, 2.75) is 38.8 Å². The van der Waals surface area contributed by atoms with E-state index in [1.165, 1.54) is 0 Å². The number of piperidine rings is 1. The zero-order chi connectivity index (χ0) is 17.6. The van der Waals surface area contributed by atoms with Crippen molar-refractivity contribution in [3.63, 3.8) is 0 Å². The normalized spacial score (nSPS) is 18.9. The number of aliphatic imine (C=N–C) groups is 1. The summed E-state index contributed by atoms with van der Waals surface area (Å²) >= 11 is 6.41. The van der Waals surface area contributed by atoms with Gasteiger partial charge in [-0.15, -0.1) is 0 Å². The Kier molecular flexibility index (Phi) is 3.96. The van der Waals surface area contributed by atoms with Crippen LogP contribution in [0.25, 0.3) is 0 Å². The molecule has 1 fully saturated rings. The van der Waals surface area contributed by atoms with Gasteiger partial charge in [0.05, 0.1) is 34.9 Å². The maximum atomic E-state index is 6.41. The Morgan fingerprint density at radius 1 is 1.24 bits per heavy atom. The van der Waals surface area contributed by atoms with Crippen molar-refractivity contribution in [3.8, 4) is 0 Å². The van der Waals surface area contributed by atoms with Crippen molar-refractivity contribution in [1.29, 1.82) is 0 Å². The molecule has 2 N–H and O–H groups in total. The van der Waals surface area contributed by atoms with Gasteiger partial charge in [0.25, 0.3) is 0 Å². The van der Waals surface area contributed by atoms with Gasteiger partial charge >= 0.3 is 0 Å². The Bertz CT molecular complexity index is 851. The maximum absolute atomic E-state index is 6.41. The summed E-state index contributed by atoms with van der Waals surface area (Å²) in [5.74, 6) is 0.905. The molecule has 2 aliphatic rings. The highest BCUT2D eigenvalue weighted by atomic mass is 35.5. The van der Waals surface area contributed by atoms with Gasteiger partial charge in [0.2, 0.25) is 0 Å². The van der Waals surface area contributed by atoms with E-state index in [0.717, 1.165) is 60.1 Å². The fourth-order valence-electron chi connectivity index (χ4n) is 3.30. The highest BCUT2D eigenvalue weighted by molar-refractivity contribution is 6.36. The smallest absolute Gasteiger partial charge is 0.147 e. The van der Waals surface area contributed by atoms with Crippen LogP contribution in [0.2, 0.25) is 5.02 Å². The molecule has 130 valence electrons. The molecule has 2 aromatic heterocycles. The van der Waals surface area contributed by atoms with E-state index in [0.29, 0.717) is 11.6 Å². The van der Waals surface area contributed by atoms with Crippen LogP contribution in [0.15, 0.2) is 23.5 Å². The first-order valence-corrected chi connectivity index (χ1v) is 8.88. The van der Waals surface area contributed by atoms with Crippen LogP contribution in [-0.4, -0.2) is 39.3 Å². The summed E-state index contributed by atoms with van der Waals surface area (Å²) in [7, 11) is 0. The minimum Gasteiger partial charge on any atom is -0.355 e. The number of fused-ring (bicyclic) bond motifs is 1. The predicted octanol–water partition coefficient (Wildman–Crippen LogP) is 2.50. The third kappa shape index (κ3) is 3.00. The van der Waals surface area contributed by atoms with Crippen LogP contribution in [-0.2, 0) is 6.54 Å². The molecule has 0 atom stereocenters. The fourth-order valence-corrected chi connectivity index (χ4v) is 3.50. The second-order valence-corrected chi connectivity index (χ2v) is 7.47. The monoisotopic (exact) mass is 356 g/mol. The zero-order valence-corrected chi connectivity index (χ0v) is 15.2. The van der Waals surface area contributed by atoms with E-state index in [9.17, 15) is 0 Å². The first kappa shape index (κ1) is 16.4. The molecule has 0 aliphatic carbocycles. The van der Waals surface area contributed by atoms with E-state index < -0.39 is 0 Å². The van der Waals surface area contributed by atoms with E-state index in [2.05, 4.69) is 26.8 Å². The Balaban J connectivity index is 1.61. The van der Waals surface area contributed by atoms with Crippen LogP contribution in [0.5, 0.6) is 0 Å². The number of aryl methyl sites for hydroxylation is 1. The van der Waals surface area contributed by atoms with Crippen LogP contribution in [0, 0.1) is 6.92 Å². The van der Waals surface area contributed by atoms with E-state index in [1.807, 2.05) is 19.2 Å². The Hall–Kier alpha value is -2.05. The standard InChI is InChI=1S/C18H21ClN6/c1-11-15(19)12(3-6-21-11)16-17-13(9-22-16)24-14(10-23-17)25-7-4-18(2,20)5-8-25/h3,6,10H,4-5,7-9,20H2,1-2H3. The van der Waals surface area contributed by atoms with Gasteiger partial charge in [-0.1, -0.05) is 11.6 Å². The summed E-state index contributed by atoms with van der Waals surface area (Å²) in [6.07, 6.45) is 5.50. The molecule has 4 rings (SSSR count). The first-order chi connectivity index (χ1) is 11.9. The van der Waals surface area contributed by atoms with Crippen LogP contribution >= 0.6 is 11.6 Å². The number of anilines is 1. The van der Waals surface area contributed by atoms with Gasteiger partial charge in [0, 0.05) is 30.4 Å². The van der Waals surface area contributed by atoms with Crippen molar-refractivity contribution in [3.05, 3.63) is 46.1 Å². The molecule has 2 aromatic rings. The molecule has 0 aromatic carbocycles. The average molecular weight is 357 g/mol. The fraction of sp³-hybridized carbons (Fsp3) is 0.444. The predicted molar refractivity (Wildman–Crippen MR) is 99.4 cm³/mol. The number of nitrogens with zero attached hydrogens (tertiary/aromatic N) is 5. The molecule has 2 aliphatic heterocycles. The highest BCUT2D eigenvalue weighted by Gasteiger charge is 2.28. The highest BCUT2D eigenvalue weighted by Crippen LogP contribution is 2.28. The van der Waals surface area contributed by atoms with Gasteiger partial charge in [-0.05, 0) is 32.8 Å². The molecular formula is C18H21ClN6. The van der Waals surface area contributed by atoms with E-state index in [4.69, 9.17) is 22.3 Å². The van der Waals surface area contributed by atoms with Gasteiger partial charge in [-0.25, -0.2) is 9.97 Å². The quantitative estimate of drug-likeness (QED) is 0.894. The molecule has 0 saturated carbocycles. The van der Waals surface area contributed by atoms with Crippen LogP contribution < -0.4 is 10.6 Å². The van der Waals surface area contributed by atoms with Crippen molar-refractivity contribution < 1.29 is 0 Å². The second-order valence-electron chi connectivity index (χ2n) is 7.09. The summed E-state index contributed by atoms with van der Waals surface area (Å²) in [5, 5.41) is 0.623. The Morgan fingerprint density at radius 2 is 2.00 bits per heavy atom. The van der Waals surface area contributed by atoms with Crippen LogP contribution in [0.1, 0.15) is 42.4 Å². The Morgan fingerprint density at radius 3 is 2.76 bits per heavy atom. The van der Waals surface area contributed by atoms with Gasteiger partial charge in [0.1, 0.15) is 11.5 Å². The SMILES string of the molecule is Cc1nccc(C2=NCc3nc(N4CCC(C)(N)CC4)cnc32)c1Cl. The van der Waals surface area contributed by atoms with Crippen molar-refractivity contribution in [2.24, 2.45) is 10.7 Å². The summed E-state index contributed by atoms with van der Waals surface area (Å²) in [6, 6.07) is 1.88. The number of halogens is 1. The minimum absolute atomic E-state index is 0.0765. The molecule has 0 unspecified atom stereocenters. The maximum Gasteiger partial charge on any atom is 0.147 e. The molecule has 4 heterocycles. The van der Waals surface area contributed by atoms with Gasteiger partial charge in [-0.2, -0.15) is 0 Å². The first-order valence-electron chi connectivity index (χ1n) is 8.51. The number of hydrogen-bond donors (Lipinski definition) is 1. The van der Waals surface area contributed by atoms with Crippen molar-refractivity contribution in [1.82, 2.24) is 15.0 Å².